The summed E-state index contributed by atoms with van der Waals surface area (Å²) in [5.74, 6) is -1.15. The molecule has 0 spiro atoms. The molecule has 0 fully saturated rings. The minimum atomic E-state index is -0.921. The first kappa shape index (κ1) is 16.2. The summed E-state index contributed by atoms with van der Waals surface area (Å²) in [6, 6.07) is 8.88. The highest BCUT2D eigenvalue weighted by Crippen LogP contribution is 2.07. The minimum Gasteiger partial charge on any atom is -0.480 e. The number of nitrogens with one attached hydrogen (secondary N) is 2. The molecule has 0 bridgehead atoms. The van der Waals surface area contributed by atoms with Crippen LogP contribution >= 0.6 is 0 Å². The summed E-state index contributed by atoms with van der Waals surface area (Å²) in [6.07, 6.45) is 0.746. The van der Waals surface area contributed by atoms with Gasteiger partial charge < -0.3 is 10.4 Å². The van der Waals surface area contributed by atoms with Crippen LogP contribution in [0.15, 0.2) is 30.3 Å². The second-order valence-electron chi connectivity index (χ2n) is 4.84. The number of rotatable bonds is 8. The van der Waals surface area contributed by atoms with Gasteiger partial charge in [-0.25, -0.2) is 0 Å². The Bertz CT molecular complexity index is 434. The van der Waals surface area contributed by atoms with Crippen molar-refractivity contribution in [2.24, 2.45) is 5.92 Å². The van der Waals surface area contributed by atoms with Crippen molar-refractivity contribution in [3.63, 3.8) is 0 Å². The van der Waals surface area contributed by atoms with Gasteiger partial charge in [-0.2, -0.15) is 0 Å². The number of aliphatic carboxylic acids is 1. The van der Waals surface area contributed by atoms with Crippen molar-refractivity contribution in [2.45, 2.75) is 32.9 Å². The van der Waals surface area contributed by atoms with Crippen molar-refractivity contribution in [2.75, 3.05) is 6.54 Å². The van der Waals surface area contributed by atoms with E-state index in [1.54, 1.807) is 0 Å². The van der Waals surface area contributed by atoms with Crippen LogP contribution in [0.2, 0.25) is 0 Å². The first-order valence-electron chi connectivity index (χ1n) is 6.81. The normalized spacial score (nSPS) is 13.5. The van der Waals surface area contributed by atoms with Gasteiger partial charge in [-0.05, 0) is 11.5 Å². The molecule has 1 rings (SSSR count). The van der Waals surface area contributed by atoms with Gasteiger partial charge in [0.05, 0.1) is 6.54 Å². The second-order valence-corrected chi connectivity index (χ2v) is 4.84. The lowest BCUT2D eigenvalue weighted by Gasteiger charge is -2.19. The van der Waals surface area contributed by atoms with Crippen LogP contribution in [-0.4, -0.2) is 29.6 Å². The zero-order chi connectivity index (χ0) is 15.0. The molecule has 20 heavy (non-hydrogen) atoms. The first-order chi connectivity index (χ1) is 9.54. The molecule has 1 aromatic carbocycles. The second kappa shape index (κ2) is 8.32. The number of carbonyl (C=O) groups excluding carboxylic acids is 1. The van der Waals surface area contributed by atoms with E-state index in [9.17, 15) is 9.59 Å². The highest BCUT2D eigenvalue weighted by molar-refractivity contribution is 5.80. The van der Waals surface area contributed by atoms with Gasteiger partial charge in [0.2, 0.25) is 5.91 Å². The molecule has 0 aromatic heterocycles. The Balaban J connectivity index is 2.36. The fourth-order valence-electron chi connectivity index (χ4n) is 1.83. The summed E-state index contributed by atoms with van der Waals surface area (Å²) < 4.78 is 0. The van der Waals surface area contributed by atoms with Gasteiger partial charge in [-0.15, -0.1) is 0 Å². The van der Waals surface area contributed by atoms with Crippen LogP contribution in [0.1, 0.15) is 25.8 Å². The quantitative estimate of drug-likeness (QED) is 0.671. The number of hydrogen-bond donors (Lipinski definition) is 3. The summed E-state index contributed by atoms with van der Waals surface area (Å²) in [5.41, 5.74) is 1.01. The van der Waals surface area contributed by atoms with Crippen LogP contribution in [0.5, 0.6) is 0 Å². The van der Waals surface area contributed by atoms with Crippen LogP contribution < -0.4 is 10.6 Å². The molecule has 3 N–H and O–H groups in total. The van der Waals surface area contributed by atoms with Crippen molar-refractivity contribution in [1.29, 1.82) is 0 Å². The third-order valence-electron chi connectivity index (χ3n) is 3.29. The van der Waals surface area contributed by atoms with E-state index >= 15 is 0 Å². The van der Waals surface area contributed by atoms with E-state index in [-0.39, 0.29) is 18.4 Å². The number of carboxylic acids is 1. The van der Waals surface area contributed by atoms with Gasteiger partial charge in [0.25, 0.3) is 0 Å². The van der Waals surface area contributed by atoms with Crippen molar-refractivity contribution in [3.8, 4) is 0 Å². The molecule has 0 saturated heterocycles. The molecule has 0 heterocycles. The average Bonchev–Trinajstić information content (AvgIpc) is 2.45. The van der Waals surface area contributed by atoms with Crippen LogP contribution in [-0.2, 0) is 16.1 Å². The highest BCUT2D eigenvalue weighted by Gasteiger charge is 2.23. The van der Waals surface area contributed by atoms with E-state index in [4.69, 9.17) is 5.11 Å². The van der Waals surface area contributed by atoms with Crippen LogP contribution in [0, 0.1) is 5.92 Å². The lowest BCUT2D eigenvalue weighted by Crippen LogP contribution is -2.46. The Hall–Kier alpha value is -1.88. The Labute approximate surface area is 119 Å². The Morgan fingerprint density at radius 2 is 1.90 bits per heavy atom. The average molecular weight is 278 g/mol. The summed E-state index contributed by atoms with van der Waals surface area (Å²) in [7, 11) is 0. The van der Waals surface area contributed by atoms with Gasteiger partial charge >= 0.3 is 5.97 Å². The first-order valence-corrected chi connectivity index (χ1v) is 6.81. The van der Waals surface area contributed by atoms with Crippen molar-refractivity contribution in [1.82, 2.24) is 10.6 Å². The maximum Gasteiger partial charge on any atom is 0.320 e. The highest BCUT2D eigenvalue weighted by atomic mass is 16.4. The molecule has 2 atom stereocenters. The summed E-state index contributed by atoms with van der Waals surface area (Å²) in [4.78, 5) is 22.8. The third kappa shape index (κ3) is 5.40. The summed E-state index contributed by atoms with van der Waals surface area (Å²) in [6.45, 7) is 4.24. The van der Waals surface area contributed by atoms with Gasteiger partial charge in [0, 0.05) is 6.54 Å². The SMILES string of the molecule is CC[C@H](C)[C@H](NCC(=O)NCc1ccccc1)C(=O)O. The van der Waals surface area contributed by atoms with Crippen LogP contribution in [0.4, 0.5) is 0 Å². The topological polar surface area (TPSA) is 78.4 Å². The lowest BCUT2D eigenvalue weighted by molar-refractivity contribution is -0.140. The molecule has 5 nitrogen and oxygen atoms in total. The standard InChI is InChI=1S/C15H22N2O3/c1-3-11(2)14(15(19)20)17-10-13(18)16-9-12-7-5-4-6-8-12/h4-8,11,14,17H,3,9-10H2,1-2H3,(H,16,18)(H,19,20)/t11-,14-/m0/s1. The molecule has 0 aliphatic carbocycles. The predicted octanol–water partition coefficient (Wildman–Crippen LogP) is 1.39. The molecule has 110 valence electrons. The molecule has 0 radical (unpaired) electrons. The minimum absolute atomic E-state index is 0.00808. The van der Waals surface area contributed by atoms with Crippen molar-refractivity contribution >= 4 is 11.9 Å². The monoisotopic (exact) mass is 278 g/mol. The summed E-state index contributed by atoms with van der Waals surface area (Å²) >= 11 is 0. The van der Waals surface area contributed by atoms with Gasteiger partial charge in [0.1, 0.15) is 6.04 Å². The zero-order valence-corrected chi connectivity index (χ0v) is 11.9. The fraction of sp³-hybridized carbons (Fsp3) is 0.467. The van der Waals surface area contributed by atoms with E-state index in [0.29, 0.717) is 6.54 Å². The van der Waals surface area contributed by atoms with Crippen molar-refractivity contribution in [3.05, 3.63) is 35.9 Å². The molecule has 0 saturated carbocycles. The molecule has 0 unspecified atom stereocenters. The molecule has 1 aromatic rings. The Morgan fingerprint density at radius 1 is 1.25 bits per heavy atom. The molecule has 0 aliphatic heterocycles. The Kier molecular flexibility index (Phi) is 6.73. The van der Waals surface area contributed by atoms with Gasteiger partial charge in [-0.1, -0.05) is 50.6 Å². The predicted molar refractivity (Wildman–Crippen MR) is 77.2 cm³/mol. The molecule has 0 aliphatic rings. The van der Waals surface area contributed by atoms with Crippen LogP contribution in [0.3, 0.4) is 0 Å². The number of carboxylic acid groups (broad SMARTS) is 1. The van der Waals surface area contributed by atoms with Gasteiger partial charge in [0.15, 0.2) is 0 Å². The van der Waals surface area contributed by atoms with Gasteiger partial charge in [-0.3, -0.25) is 14.9 Å². The number of hydrogen-bond acceptors (Lipinski definition) is 3. The smallest absolute Gasteiger partial charge is 0.320 e. The molecular weight excluding hydrogens is 256 g/mol. The fourth-order valence-corrected chi connectivity index (χ4v) is 1.83. The van der Waals surface area contributed by atoms with E-state index in [2.05, 4.69) is 10.6 Å². The number of amides is 1. The van der Waals surface area contributed by atoms with Crippen molar-refractivity contribution < 1.29 is 14.7 Å². The largest absolute Gasteiger partial charge is 0.480 e. The number of benzene rings is 1. The van der Waals surface area contributed by atoms with E-state index in [1.807, 2.05) is 44.2 Å². The van der Waals surface area contributed by atoms with Crippen LogP contribution in [0.25, 0.3) is 0 Å². The maximum absolute atomic E-state index is 11.7. The van der Waals surface area contributed by atoms with E-state index < -0.39 is 12.0 Å². The molecule has 5 heteroatoms. The van der Waals surface area contributed by atoms with E-state index in [1.165, 1.54) is 0 Å². The lowest BCUT2D eigenvalue weighted by atomic mass is 9.99. The third-order valence-corrected chi connectivity index (χ3v) is 3.29. The zero-order valence-electron chi connectivity index (χ0n) is 11.9. The number of carbonyl (C=O) groups is 2. The molecular formula is C15H22N2O3. The Morgan fingerprint density at radius 3 is 2.45 bits per heavy atom. The maximum atomic E-state index is 11.7. The molecule has 1 amide bonds. The summed E-state index contributed by atoms with van der Waals surface area (Å²) in [5, 5.41) is 14.7. The van der Waals surface area contributed by atoms with E-state index in [0.717, 1.165) is 12.0 Å².